The van der Waals surface area contributed by atoms with Gasteiger partial charge in [0.15, 0.2) is 0 Å². The van der Waals surface area contributed by atoms with Gasteiger partial charge in [-0.2, -0.15) is 0 Å². The quantitative estimate of drug-likeness (QED) is 0.178. The van der Waals surface area contributed by atoms with Crippen LogP contribution in [0.2, 0.25) is 0 Å². The first-order valence-electron chi connectivity index (χ1n) is 28.2. The topological polar surface area (TPSA) is 33.8 Å². The Bertz CT molecular complexity index is 5340. The third-order valence-electron chi connectivity index (χ3n) is 18.4. The van der Waals surface area contributed by atoms with Crippen molar-refractivity contribution < 1.29 is 0 Å². The van der Waals surface area contributed by atoms with Crippen LogP contribution in [0.3, 0.4) is 0 Å². The molecule has 19 rings (SSSR count). The first-order chi connectivity index (χ1) is 40.1. The molecule has 1 N–H and O–H groups in total. The highest BCUT2D eigenvalue weighted by Gasteiger charge is 2.45. The fraction of sp³-hybridized carbons (Fsp3) is 0.0137. The number of aromatic amines is 1. The molecule has 3 aliphatic heterocycles. The Labute approximate surface area is 471 Å². The van der Waals surface area contributed by atoms with Crippen LogP contribution in [0, 0.1) is 6.92 Å². The maximum Gasteiger partial charge on any atom is 0.252 e. The van der Waals surface area contributed by atoms with E-state index in [4.69, 9.17) is 0 Å². The Morgan fingerprint density at radius 2 is 0.840 bits per heavy atom. The Hall–Kier alpha value is -9.88. The molecule has 3 aliphatic rings. The van der Waals surface area contributed by atoms with Crippen molar-refractivity contribution in [2.24, 2.45) is 0 Å². The molecule has 81 heavy (non-hydrogen) atoms. The summed E-state index contributed by atoms with van der Waals surface area (Å²) in [6, 6.07) is 93.8. The Balaban J connectivity index is 0.931. The summed E-state index contributed by atoms with van der Waals surface area (Å²) in [7, 11) is 0. The highest BCUT2D eigenvalue weighted by Crippen LogP contribution is 2.46. The highest BCUT2D eigenvalue weighted by molar-refractivity contribution is 8.00. The van der Waals surface area contributed by atoms with Gasteiger partial charge in [0.25, 0.3) is 6.71 Å². The van der Waals surface area contributed by atoms with Crippen LogP contribution in [0.1, 0.15) is 5.56 Å². The molecule has 4 aromatic heterocycles. The number of nitrogens with one attached hydrogen (secondary N) is 1. The lowest BCUT2D eigenvalue weighted by atomic mass is 9.31. The minimum atomic E-state index is -0.0833. The Kier molecular flexibility index (Phi) is 8.77. The third-order valence-corrected chi connectivity index (χ3v) is 19.5. The molecule has 0 saturated carbocycles. The van der Waals surface area contributed by atoms with Crippen LogP contribution >= 0.6 is 11.8 Å². The lowest BCUT2D eigenvalue weighted by Crippen LogP contribution is -2.63. The molecule has 7 heterocycles. The molecule has 16 aromatic rings. The van der Waals surface area contributed by atoms with Crippen molar-refractivity contribution in [2.45, 2.75) is 16.7 Å². The van der Waals surface area contributed by atoms with Crippen LogP contribution in [0.25, 0.3) is 104 Å². The van der Waals surface area contributed by atoms with E-state index in [1.807, 2.05) is 11.8 Å². The first kappa shape index (κ1) is 44.0. The smallest absolute Gasteiger partial charge is 0.252 e. The van der Waals surface area contributed by atoms with E-state index in [0.717, 1.165) is 16.9 Å². The SMILES string of the molecule is Cc1cc(-n2c3ccccc3c3ccccc32)cc2c1B(c1cccc3c1[nH]c1ccccc13)c1cc3c(cc1S2)N(c1ccccc1)c1cc(-n2c4ccccc4c4ccccc42)cc2c1B3c1cccc3c4ccccc4n-2c13. The van der Waals surface area contributed by atoms with E-state index in [2.05, 4.69) is 279 Å². The largest absolute Gasteiger partial charge is 0.355 e. The van der Waals surface area contributed by atoms with Gasteiger partial charge in [-0.25, -0.2) is 0 Å². The number of para-hydroxylation sites is 9. The molecule has 0 saturated heterocycles. The van der Waals surface area contributed by atoms with Crippen LogP contribution in [0.5, 0.6) is 0 Å². The number of anilines is 3. The van der Waals surface area contributed by atoms with Crippen LogP contribution in [0.4, 0.5) is 17.1 Å². The van der Waals surface area contributed by atoms with Crippen LogP contribution < -0.4 is 37.7 Å². The highest BCUT2D eigenvalue weighted by atomic mass is 32.2. The molecule has 0 unspecified atom stereocenters. The summed E-state index contributed by atoms with van der Waals surface area (Å²) < 4.78 is 7.59. The van der Waals surface area contributed by atoms with Crippen molar-refractivity contribution >= 4 is 162 Å². The number of rotatable bonds is 4. The zero-order valence-corrected chi connectivity index (χ0v) is 44.8. The standard InChI is InChI=1S/C73H45B2N5S/c1-43-37-45(78-60-32-12-6-22-48(60)49-23-7-13-33-61(49)78)40-69-70(43)74(55-29-17-27-53-47-21-5-11-31-59(47)76-72(53)55)58-41-57-65(42-68(58)81-69)77(44-19-3-2-4-20-44)66-38-46(79-62-34-14-8-24-50(62)51-25-9-15-35-63(51)79)39-67-71(66)75(57)56-30-18-28-54-52-26-10-16-36-64(52)80(67)73(54)56/h2-42,76H,1H3. The normalized spacial score (nSPS) is 13.4. The van der Waals surface area contributed by atoms with Crippen molar-refractivity contribution in [3.05, 3.63) is 254 Å². The lowest BCUT2D eigenvalue weighted by Gasteiger charge is -2.42. The number of hydrogen-bond acceptors (Lipinski definition) is 2. The molecule has 0 bridgehead atoms. The molecule has 0 radical (unpaired) electrons. The van der Waals surface area contributed by atoms with E-state index >= 15 is 0 Å². The molecular weight excluding hydrogens is 1000 g/mol. The van der Waals surface area contributed by atoms with Crippen molar-refractivity contribution in [3.8, 4) is 17.1 Å². The van der Waals surface area contributed by atoms with Gasteiger partial charge >= 0.3 is 0 Å². The van der Waals surface area contributed by atoms with Gasteiger partial charge in [-0.15, -0.1) is 0 Å². The van der Waals surface area contributed by atoms with Crippen molar-refractivity contribution in [1.82, 2.24) is 18.7 Å². The van der Waals surface area contributed by atoms with Crippen LogP contribution in [-0.4, -0.2) is 32.1 Å². The third kappa shape index (κ3) is 5.84. The molecule has 0 spiro atoms. The van der Waals surface area contributed by atoms with E-state index in [1.165, 1.54) is 153 Å². The van der Waals surface area contributed by atoms with Gasteiger partial charge in [0.1, 0.15) is 0 Å². The molecule has 0 atom stereocenters. The van der Waals surface area contributed by atoms with Crippen molar-refractivity contribution in [3.63, 3.8) is 0 Å². The predicted molar refractivity (Wildman–Crippen MR) is 345 cm³/mol. The van der Waals surface area contributed by atoms with E-state index in [9.17, 15) is 0 Å². The second-order valence-corrected chi connectivity index (χ2v) is 23.5. The zero-order valence-electron chi connectivity index (χ0n) is 44.0. The maximum atomic E-state index is 3.99. The number of aromatic nitrogens is 4. The second-order valence-electron chi connectivity index (χ2n) is 22.4. The van der Waals surface area contributed by atoms with Gasteiger partial charge in [-0.05, 0) is 108 Å². The molecule has 0 aliphatic carbocycles. The average molecular weight is 1050 g/mol. The summed E-state index contributed by atoms with van der Waals surface area (Å²) in [4.78, 5) is 9.14. The summed E-state index contributed by atoms with van der Waals surface area (Å²) in [5.41, 5.74) is 26.0. The van der Waals surface area contributed by atoms with Crippen LogP contribution in [0.15, 0.2) is 259 Å². The number of aryl methyl sites for hydroxylation is 1. The molecule has 0 amide bonds. The predicted octanol–water partition coefficient (Wildman–Crippen LogP) is 14.5. The first-order valence-corrected chi connectivity index (χ1v) is 29.0. The van der Waals surface area contributed by atoms with Crippen molar-refractivity contribution in [1.29, 1.82) is 0 Å². The monoisotopic (exact) mass is 1050 g/mol. The molecule has 0 fully saturated rings. The fourth-order valence-electron chi connectivity index (χ4n) is 15.2. The molecule has 12 aromatic carbocycles. The molecule has 5 nitrogen and oxygen atoms in total. The van der Waals surface area contributed by atoms with Gasteiger partial charge in [0, 0.05) is 97.9 Å². The summed E-state index contributed by atoms with van der Waals surface area (Å²) in [5, 5.41) is 10.1. The summed E-state index contributed by atoms with van der Waals surface area (Å²) in [6.07, 6.45) is 0. The van der Waals surface area contributed by atoms with Gasteiger partial charge in [0.05, 0.1) is 33.3 Å². The summed E-state index contributed by atoms with van der Waals surface area (Å²) in [5.74, 6) is 0. The molecule has 8 heteroatoms. The van der Waals surface area contributed by atoms with E-state index in [0.29, 0.717) is 0 Å². The van der Waals surface area contributed by atoms with Crippen molar-refractivity contribution in [2.75, 3.05) is 4.90 Å². The van der Waals surface area contributed by atoms with E-state index < -0.39 is 0 Å². The summed E-state index contributed by atoms with van der Waals surface area (Å²) >= 11 is 1.94. The molecular formula is C73H45B2N5S. The van der Waals surface area contributed by atoms with Gasteiger partial charge < -0.3 is 23.6 Å². The average Bonchev–Trinajstić information content (AvgIpc) is 4.40. The minimum absolute atomic E-state index is 0.0716. The second kappa shape index (κ2) is 16.1. The lowest BCUT2D eigenvalue weighted by molar-refractivity contribution is 1.13. The Morgan fingerprint density at radius 3 is 1.49 bits per heavy atom. The Morgan fingerprint density at radius 1 is 0.333 bits per heavy atom. The zero-order chi connectivity index (χ0) is 52.8. The van der Waals surface area contributed by atoms with Gasteiger partial charge in [-0.3, -0.25) is 0 Å². The number of fused-ring (bicyclic) bond motifs is 18. The minimum Gasteiger partial charge on any atom is -0.355 e. The number of nitrogens with zero attached hydrogens (tertiary/aromatic N) is 4. The van der Waals surface area contributed by atoms with Crippen LogP contribution in [-0.2, 0) is 0 Å². The van der Waals surface area contributed by atoms with E-state index in [1.54, 1.807) is 0 Å². The number of hydrogen-bond donors (Lipinski definition) is 1. The van der Waals surface area contributed by atoms with E-state index in [-0.39, 0.29) is 13.4 Å². The molecule has 374 valence electrons. The van der Waals surface area contributed by atoms with Gasteiger partial charge in [-0.1, -0.05) is 198 Å². The van der Waals surface area contributed by atoms with Gasteiger partial charge in [0.2, 0.25) is 6.71 Å². The number of H-pyrrole nitrogens is 1. The fourth-order valence-corrected chi connectivity index (χ4v) is 16.5. The maximum absolute atomic E-state index is 3.99. The number of benzene rings is 12. The summed E-state index contributed by atoms with van der Waals surface area (Å²) in [6.45, 7) is 2.20.